The standard InChI is InChI=1S/C12H23N3O4/c1-15(8-9-3-6-19-7-4-9)12(18)14-5-2-10(13)11(16)17/h9-10H,2-8,13H2,1H3,(H,14,18)(H,16,17). The monoisotopic (exact) mass is 273 g/mol. The molecule has 7 heteroatoms. The van der Waals surface area contributed by atoms with Gasteiger partial charge in [-0.1, -0.05) is 0 Å². The van der Waals surface area contributed by atoms with Crippen LogP contribution < -0.4 is 11.1 Å². The van der Waals surface area contributed by atoms with Crippen LogP contribution in [0.2, 0.25) is 0 Å². The van der Waals surface area contributed by atoms with Gasteiger partial charge >= 0.3 is 12.0 Å². The molecule has 1 saturated heterocycles. The Morgan fingerprint density at radius 3 is 2.68 bits per heavy atom. The average molecular weight is 273 g/mol. The Hall–Kier alpha value is -1.34. The number of nitrogens with one attached hydrogen (secondary N) is 1. The van der Waals surface area contributed by atoms with Crippen LogP contribution in [-0.4, -0.2) is 61.4 Å². The first-order valence-corrected chi connectivity index (χ1v) is 6.55. The Morgan fingerprint density at radius 2 is 2.11 bits per heavy atom. The van der Waals surface area contributed by atoms with Crippen molar-refractivity contribution in [3.05, 3.63) is 0 Å². The zero-order chi connectivity index (χ0) is 14.3. The number of nitrogens with zero attached hydrogens (tertiary/aromatic N) is 1. The fourth-order valence-corrected chi connectivity index (χ4v) is 1.99. The molecule has 7 nitrogen and oxygen atoms in total. The summed E-state index contributed by atoms with van der Waals surface area (Å²) < 4.78 is 5.27. The van der Waals surface area contributed by atoms with Crippen LogP contribution in [-0.2, 0) is 9.53 Å². The topological polar surface area (TPSA) is 105 Å². The van der Waals surface area contributed by atoms with E-state index in [0.717, 1.165) is 26.1 Å². The summed E-state index contributed by atoms with van der Waals surface area (Å²) in [6.45, 7) is 2.48. The summed E-state index contributed by atoms with van der Waals surface area (Å²) in [5.74, 6) is -0.574. The maximum atomic E-state index is 11.8. The molecule has 4 N–H and O–H groups in total. The third-order valence-corrected chi connectivity index (χ3v) is 3.27. The van der Waals surface area contributed by atoms with E-state index in [1.165, 1.54) is 0 Å². The summed E-state index contributed by atoms with van der Waals surface area (Å²) in [6, 6.07) is -1.12. The van der Waals surface area contributed by atoms with Crippen molar-refractivity contribution in [1.29, 1.82) is 0 Å². The van der Waals surface area contributed by atoms with Gasteiger partial charge in [-0.25, -0.2) is 4.79 Å². The zero-order valence-electron chi connectivity index (χ0n) is 11.3. The third-order valence-electron chi connectivity index (χ3n) is 3.27. The molecule has 1 aliphatic rings. The molecular weight excluding hydrogens is 250 g/mol. The number of carboxylic acids is 1. The van der Waals surface area contributed by atoms with Crippen LogP contribution in [0.4, 0.5) is 4.79 Å². The third kappa shape index (κ3) is 5.89. The van der Waals surface area contributed by atoms with Gasteiger partial charge in [-0.2, -0.15) is 0 Å². The second-order valence-corrected chi connectivity index (χ2v) is 4.90. The number of hydrogen-bond acceptors (Lipinski definition) is 4. The van der Waals surface area contributed by atoms with Crippen molar-refractivity contribution >= 4 is 12.0 Å². The van der Waals surface area contributed by atoms with Gasteiger partial charge < -0.3 is 25.8 Å². The minimum Gasteiger partial charge on any atom is -0.480 e. The van der Waals surface area contributed by atoms with Gasteiger partial charge in [-0.3, -0.25) is 4.79 Å². The van der Waals surface area contributed by atoms with E-state index in [1.54, 1.807) is 11.9 Å². The van der Waals surface area contributed by atoms with Gasteiger partial charge in [0.25, 0.3) is 0 Å². The van der Waals surface area contributed by atoms with Crippen LogP contribution in [0.15, 0.2) is 0 Å². The number of ether oxygens (including phenoxy) is 1. The number of carbonyl (C=O) groups excluding carboxylic acids is 1. The second-order valence-electron chi connectivity index (χ2n) is 4.90. The number of hydrogen-bond donors (Lipinski definition) is 3. The normalized spacial score (nSPS) is 17.8. The van der Waals surface area contributed by atoms with Crippen molar-refractivity contribution in [3.63, 3.8) is 0 Å². The second kappa shape index (κ2) is 7.96. The molecule has 0 aromatic rings. The fourth-order valence-electron chi connectivity index (χ4n) is 1.99. The lowest BCUT2D eigenvalue weighted by Gasteiger charge is -2.27. The fraction of sp³-hybridized carbons (Fsp3) is 0.833. The van der Waals surface area contributed by atoms with Crippen LogP contribution in [0, 0.1) is 5.92 Å². The molecule has 0 radical (unpaired) electrons. The Bertz CT molecular complexity index is 305. The first-order valence-electron chi connectivity index (χ1n) is 6.55. The number of carbonyl (C=O) groups is 2. The summed E-state index contributed by atoms with van der Waals surface area (Å²) in [6.07, 6.45) is 2.18. The maximum absolute atomic E-state index is 11.8. The van der Waals surface area contributed by atoms with E-state index < -0.39 is 12.0 Å². The quantitative estimate of drug-likeness (QED) is 0.624. The molecule has 1 atom stereocenters. The van der Waals surface area contributed by atoms with Crippen LogP contribution in [0.3, 0.4) is 0 Å². The zero-order valence-corrected chi connectivity index (χ0v) is 11.3. The molecule has 0 aliphatic carbocycles. The van der Waals surface area contributed by atoms with Crippen molar-refractivity contribution in [1.82, 2.24) is 10.2 Å². The van der Waals surface area contributed by atoms with E-state index in [0.29, 0.717) is 12.5 Å². The Balaban J connectivity index is 2.19. The highest BCUT2D eigenvalue weighted by molar-refractivity contribution is 5.74. The smallest absolute Gasteiger partial charge is 0.320 e. The minimum absolute atomic E-state index is 0.191. The first-order chi connectivity index (χ1) is 9.00. The van der Waals surface area contributed by atoms with Crippen LogP contribution in [0.1, 0.15) is 19.3 Å². The van der Waals surface area contributed by atoms with Crippen LogP contribution >= 0.6 is 0 Å². The summed E-state index contributed by atoms with van der Waals surface area (Å²) >= 11 is 0. The van der Waals surface area contributed by atoms with Crippen molar-refractivity contribution in [2.24, 2.45) is 11.7 Å². The SMILES string of the molecule is CN(CC1CCOCC1)C(=O)NCCC(N)C(=O)O. The lowest BCUT2D eigenvalue weighted by Crippen LogP contribution is -2.43. The molecule has 2 amide bonds. The predicted molar refractivity (Wildman–Crippen MR) is 69.8 cm³/mol. The number of urea groups is 1. The molecule has 1 aliphatic heterocycles. The molecule has 0 aromatic heterocycles. The number of aliphatic carboxylic acids is 1. The number of amides is 2. The molecule has 0 aromatic carbocycles. The molecule has 1 rings (SSSR count). The van der Waals surface area contributed by atoms with Gasteiger partial charge in [0.15, 0.2) is 0 Å². The first kappa shape index (κ1) is 15.7. The molecule has 0 bridgehead atoms. The lowest BCUT2D eigenvalue weighted by molar-refractivity contribution is -0.138. The molecule has 19 heavy (non-hydrogen) atoms. The van der Waals surface area contributed by atoms with Gasteiger partial charge in [-0.15, -0.1) is 0 Å². The van der Waals surface area contributed by atoms with Crippen molar-refractivity contribution in [3.8, 4) is 0 Å². The summed E-state index contributed by atoms with van der Waals surface area (Å²) in [4.78, 5) is 23.9. The van der Waals surface area contributed by atoms with Crippen LogP contribution in [0.25, 0.3) is 0 Å². The molecule has 0 saturated carbocycles. The van der Waals surface area contributed by atoms with E-state index in [9.17, 15) is 9.59 Å². The molecule has 1 unspecified atom stereocenters. The molecule has 1 fully saturated rings. The summed E-state index contributed by atoms with van der Waals surface area (Å²) in [5, 5.41) is 11.3. The predicted octanol–water partition coefficient (Wildman–Crippen LogP) is -0.144. The Labute approximate surface area is 113 Å². The van der Waals surface area contributed by atoms with E-state index in [4.69, 9.17) is 15.6 Å². The van der Waals surface area contributed by atoms with E-state index in [2.05, 4.69) is 5.32 Å². The number of rotatable bonds is 6. The lowest BCUT2D eigenvalue weighted by atomic mass is 10.00. The van der Waals surface area contributed by atoms with Gasteiger partial charge in [0, 0.05) is 33.4 Å². The van der Waals surface area contributed by atoms with E-state index >= 15 is 0 Å². The molecule has 110 valence electrons. The van der Waals surface area contributed by atoms with E-state index in [1.807, 2.05) is 0 Å². The molecular formula is C12H23N3O4. The van der Waals surface area contributed by atoms with Crippen molar-refractivity contribution in [2.45, 2.75) is 25.3 Å². The van der Waals surface area contributed by atoms with Gasteiger partial charge in [0.05, 0.1) is 0 Å². The Kier molecular flexibility index (Phi) is 6.58. The summed E-state index contributed by atoms with van der Waals surface area (Å²) in [7, 11) is 1.74. The van der Waals surface area contributed by atoms with Crippen molar-refractivity contribution < 1.29 is 19.4 Å². The van der Waals surface area contributed by atoms with E-state index in [-0.39, 0.29) is 19.0 Å². The van der Waals surface area contributed by atoms with Crippen molar-refractivity contribution in [2.75, 3.05) is 33.4 Å². The maximum Gasteiger partial charge on any atom is 0.320 e. The number of carboxylic acid groups (broad SMARTS) is 1. The largest absolute Gasteiger partial charge is 0.480 e. The highest BCUT2D eigenvalue weighted by Gasteiger charge is 2.18. The minimum atomic E-state index is -1.05. The average Bonchev–Trinajstić information content (AvgIpc) is 2.39. The van der Waals surface area contributed by atoms with Gasteiger partial charge in [0.1, 0.15) is 6.04 Å². The number of nitrogens with two attached hydrogens (primary N) is 1. The van der Waals surface area contributed by atoms with Crippen LogP contribution in [0.5, 0.6) is 0 Å². The summed E-state index contributed by atoms with van der Waals surface area (Å²) in [5.41, 5.74) is 5.35. The van der Waals surface area contributed by atoms with Gasteiger partial charge in [0.2, 0.25) is 0 Å². The molecule has 0 spiro atoms. The molecule has 1 heterocycles. The Morgan fingerprint density at radius 1 is 1.47 bits per heavy atom. The highest BCUT2D eigenvalue weighted by atomic mass is 16.5. The van der Waals surface area contributed by atoms with Gasteiger partial charge in [-0.05, 0) is 25.2 Å². The highest BCUT2D eigenvalue weighted by Crippen LogP contribution is 2.15.